The van der Waals surface area contributed by atoms with Crippen LogP contribution in [0.4, 0.5) is 0 Å². The Labute approximate surface area is 121 Å². The summed E-state index contributed by atoms with van der Waals surface area (Å²) in [7, 11) is 6.52. The molecule has 0 aliphatic carbocycles. The second-order valence-electron chi connectivity index (χ2n) is 4.95. The van der Waals surface area contributed by atoms with Crippen LogP contribution < -0.4 is 0 Å². The van der Waals surface area contributed by atoms with E-state index in [2.05, 4.69) is 6.92 Å². The summed E-state index contributed by atoms with van der Waals surface area (Å²) in [6.45, 7) is 4.48. The summed E-state index contributed by atoms with van der Waals surface area (Å²) < 4.78 is 33.6. The van der Waals surface area contributed by atoms with Gasteiger partial charge in [-0.2, -0.15) is 0 Å². The van der Waals surface area contributed by atoms with Crippen LogP contribution in [-0.2, 0) is 28.4 Å². The summed E-state index contributed by atoms with van der Waals surface area (Å²) in [6, 6.07) is 0. The molecule has 1 saturated heterocycles. The van der Waals surface area contributed by atoms with Crippen LogP contribution in [-0.4, -0.2) is 71.9 Å². The molecule has 0 spiro atoms. The molecule has 1 aliphatic heterocycles. The van der Waals surface area contributed by atoms with E-state index >= 15 is 0 Å². The molecule has 0 amide bonds. The smallest absolute Gasteiger partial charge is 0.187 e. The highest BCUT2D eigenvalue weighted by Gasteiger charge is 2.47. The lowest BCUT2D eigenvalue weighted by Crippen LogP contribution is -2.61. The van der Waals surface area contributed by atoms with Crippen molar-refractivity contribution in [2.24, 2.45) is 0 Å². The molecule has 20 heavy (non-hydrogen) atoms. The second kappa shape index (κ2) is 8.92. The summed E-state index contributed by atoms with van der Waals surface area (Å²) in [5, 5.41) is 0. The van der Waals surface area contributed by atoms with Gasteiger partial charge in [0.05, 0.1) is 12.7 Å². The van der Waals surface area contributed by atoms with Crippen molar-refractivity contribution < 1.29 is 28.4 Å². The zero-order valence-corrected chi connectivity index (χ0v) is 13.3. The lowest BCUT2D eigenvalue weighted by molar-refractivity contribution is -0.321. The number of ether oxygens (including phenoxy) is 6. The highest BCUT2D eigenvalue weighted by atomic mass is 16.7. The summed E-state index contributed by atoms with van der Waals surface area (Å²) >= 11 is 0. The van der Waals surface area contributed by atoms with Crippen LogP contribution in [0.15, 0.2) is 0 Å². The molecular weight excluding hydrogens is 264 g/mol. The normalized spacial score (nSPS) is 36.0. The third kappa shape index (κ3) is 4.13. The minimum atomic E-state index is -0.494. The molecule has 1 rings (SSSR count). The third-order valence-corrected chi connectivity index (χ3v) is 3.68. The van der Waals surface area contributed by atoms with Gasteiger partial charge in [-0.3, -0.25) is 0 Å². The van der Waals surface area contributed by atoms with Crippen molar-refractivity contribution in [3.63, 3.8) is 0 Å². The van der Waals surface area contributed by atoms with Gasteiger partial charge >= 0.3 is 0 Å². The fourth-order valence-electron chi connectivity index (χ4n) is 2.41. The van der Waals surface area contributed by atoms with Gasteiger partial charge < -0.3 is 28.4 Å². The SMILES string of the molecule is CCC(C)O[C@H]1O[C@H](COC)[C@@H](OC)[C@H](OC)[C@@H]1OC. The molecule has 1 heterocycles. The standard InChI is InChI=1S/C14H28O6/c1-7-9(2)19-14-13(18-6)12(17-5)11(16-4)10(20-14)8-15-3/h9-14H,7-8H2,1-6H3/t9?,10-,11-,12+,13+,14+/m1/s1. The Hall–Kier alpha value is -0.240. The van der Waals surface area contributed by atoms with Gasteiger partial charge in [-0.1, -0.05) is 6.92 Å². The first kappa shape index (κ1) is 17.8. The molecule has 0 saturated carbocycles. The lowest BCUT2D eigenvalue weighted by Gasteiger charge is -2.45. The highest BCUT2D eigenvalue weighted by Crippen LogP contribution is 2.28. The van der Waals surface area contributed by atoms with Gasteiger partial charge in [-0.05, 0) is 13.3 Å². The second-order valence-corrected chi connectivity index (χ2v) is 4.95. The topological polar surface area (TPSA) is 55.4 Å². The molecule has 0 radical (unpaired) electrons. The van der Waals surface area contributed by atoms with Crippen molar-refractivity contribution in [3.8, 4) is 0 Å². The van der Waals surface area contributed by atoms with Gasteiger partial charge in [0, 0.05) is 28.4 Å². The van der Waals surface area contributed by atoms with E-state index in [1.165, 1.54) is 0 Å². The quantitative estimate of drug-likeness (QED) is 0.670. The summed E-state index contributed by atoms with van der Waals surface area (Å²) in [5.74, 6) is 0. The van der Waals surface area contributed by atoms with Crippen LogP contribution >= 0.6 is 0 Å². The minimum Gasteiger partial charge on any atom is -0.382 e. The maximum Gasteiger partial charge on any atom is 0.187 e. The van der Waals surface area contributed by atoms with Crippen LogP contribution in [0.3, 0.4) is 0 Å². The fourth-order valence-corrected chi connectivity index (χ4v) is 2.41. The Bertz CT molecular complexity index is 262. The average molecular weight is 292 g/mol. The molecule has 1 unspecified atom stereocenters. The van der Waals surface area contributed by atoms with Crippen LogP contribution in [0.2, 0.25) is 0 Å². The molecule has 6 heteroatoms. The molecule has 0 bridgehead atoms. The van der Waals surface area contributed by atoms with E-state index in [4.69, 9.17) is 28.4 Å². The van der Waals surface area contributed by atoms with E-state index < -0.39 is 6.29 Å². The molecule has 0 aromatic carbocycles. The van der Waals surface area contributed by atoms with E-state index in [1.54, 1.807) is 28.4 Å². The van der Waals surface area contributed by atoms with Crippen LogP contribution in [0, 0.1) is 0 Å². The first-order valence-electron chi connectivity index (χ1n) is 7.01. The molecule has 1 aliphatic rings. The molecule has 120 valence electrons. The predicted molar refractivity (Wildman–Crippen MR) is 73.8 cm³/mol. The molecule has 0 N–H and O–H groups in total. The molecule has 6 atom stereocenters. The molecule has 1 fully saturated rings. The Balaban J connectivity index is 2.87. The van der Waals surface area contributed by atoms with Gasteiger partial charge in [-0.15, -0.1) is 0 Å². The first-order chi connectivity index (χ1) is 9.62. The Kier molecular flexibility index (Phi) is 7.94. The van der Waals surface area contributed by atoms with Crippen LogP contribution in [0.1, 0.15) is 20.3 Å². The van der Waals surface area contributed by atoms with Crippen molar-refractivity contribution >= 4 is 0 Å². The third-order valence-electron chi connectivity index (χ3n) is 3.68. The summed E-state index contributed by atoms with van der Waals surface area (Å²) in [4.78, 5) is 0. The number of methoxy groups -OCH3 is 4. The Morgan fingerprint density at radius 3 is 2.00 bits per heavy atom. The van der Waals surface area contributed by atoms with Crippen molar-refractivity contribution in [3.05, 3.63) is 0 Å². The molecule has 0 aromatic rings. The van der Waals surface area contributed by atoms with Gasteiger partial charge in [0.25, 0.3) is 0 Å². The lowest BCUT2D eigenvalue weighted by atomic mass is 9.98. The predicted octanol–water partition coefficient (Wildman–Crippen LogP) is 1.22. The average Bonchev–Trinajstić information content (AvgIpc) is 2.46. The van der Waals surface area contributed by atoms with Gasteiger partial charge in [0.1, 0.15) is 24.4 Å². The van der Waals surface area contributed by atoms with Gasteiger partial charge in [0.15, 0.2) is 6.29 Å². The van der Waals surface area contributed by atoms with E-state index in [9.17, 15) is 0 Å². The fraction of sp³-hybridized carbons (Fsp3) is 1.00. The highest BCUT2D eigenvalue weighted by molar-refractivity contribution is 4.92. The largest absolute Gasteiger partial charge is 0.382 e. The van der Waals surface area contributed by atoms with Crippen LogP contribution in [0.25, 0.3) is 0 Å². The van der Waals surface area contributed by atoms with Gasteiger partial charge in [0.2, 0.25) is 0 Å². The van der Waals surface area contributed by atoms with E-state index in [-0.39, 0.29) is 30.5 Å². The zero-order valence-electron chi connectivity index (χ0n) is 13.3. The maximum atomic E-state index is 5.96. The van der Waals surface area contributed by atoms with E-state index in [1.807, 2.05) is 6.92 Å². The van der Waals surface area contributed by atoms with Crippen LogP contribution in [0.5, 0.6) is 0 Å². The maximum absolute atomic E-state index is 5.96. The first-order valence-corrected chi connectivity index (χ1v) is 7.01. The molecular formula is C14H28O6. The number of hydrogen-bond acceptors (Lipinski definition) is 6. The number of rotatable bonds is 8. The minimum absolute atomic E-state index is 0.0810. The van der Waals surface area contributed by atoms with Crippen molar-refractivity contribution in [1.29, 1.82) is 0 Å². The summed E-state index contributed by atoms with van der Waals surface area (Å²) in [6.07, 6.45) is -0.641. The summed E-state index contributed by atoms with van der Waals surface area (Å²) in [5.41, 5.74) is 0. The Morgan fingerprint density at radius 1 is 0.950 bits per heavy atom. The van der Waals surface area contributed by atoms with Crippen molar-refractivity contribution in [2.75, 3.05) is 35.0 Å². The monoisotopic (exact) mass is 292 g/mol. The van der Waals surface area contributed by atoms with Crippen molar-refractivity contribution in [2.45, 2.75) is 57.1 Å². The molecule has 0 aromatic heterocycles. The Morgan fingerprint density at radius 2 is 1.55 bits per heavy atom. The number of hydrogen-bond donors (Lipinski definition) is 0. The zero-order chi connectivity index (χ0) is 15.1. The van der Waals surface area contributed by atoms with E-state index in [0.717, 1.165) is 6.42 Å². The van der Waals surface area contributed by atoms with Crippen molar-refractivity contribution in [1.82, 2.24) is 0 Å². The van der Waals surface area contributed by atoms with E-state index in [0.29, 0.717) is 6.61 Å². The molecule has 6 nitrogen and oxygen atoms in total. The van der Waals surface area contributed by atoms with Gasteiger partial charge in [-0.25, -0.2) is 0 Å².